The molecule has 3 rings (SSSR count). The van der Waals surface area contributed by atoms with Crippen molar-refractivity contribution in [3.63, 3.8) is 0 Å². The number of benzene rings is 1. The molecule has 0 unspecified atom stereocenters. The minimum Gasteiger partial charge on any atom is -0.484 e. The molecule has 0 spiro atoms. The summed E-state index contributed by atoms with van der Waals surface area (Å²) in [5, 5.41) is 0. The summed E-state index contributed by atoms with van der Waals surface area (Å²) in [6.07, 6.45) is 4.64. The van der Waals surface area contributed by atoms with E-state index in [-0.39, 0.29) is 24.2 Å². The topological polar surface area (TPSA) is 70.2 Å². The zero-order valence-corrected chi connectivity index (χ0v) is 17.3. The van der Waals surface area contributed by atoms with Gasteiger partial charge in [0.05, 0.1) is 6.54 Å². The highest BCUT2D eigenvalue weighted by Gasteiger charge is 2.24. The van der Waals surface area contributed by atoms with Crippen molar-refractivity contribution in [1.29, 1.82) is 0 Å². The maximum Gasteiger partial charge on any atom is 0.260 e. The van der Waals surface area contributed by atoms with Crippen molar-refractivity contribution < 1.29 is 19.1 Å². The third-order valence-corrected chi connectivity index (χ3v) is 5.67. The number of nitrogens with zero attached hydrogens (tertiary/aromatic N) is 3. The molecule has 2 saturated heterocycles. The van der Waals surface area contributed by atoms with E-state index in [0.717, 1.165) is 25.9 Å². The van der Waals surface area contributed by atoms with Gasteiger partial charge in [0.2, 0.25) is 5.91 Å². The first-order chi connectivity index (χ1) is 14.0. The summed E-state index contributed by atoms with van der Waals surface area (Å²) in [6.45, 7) is 6.33. The Labute approximate surface area is 172 Å². The van der Waals surface area contributed by atoms with E-state index in [4.69, 9.17) is 4.74 Å². The molecule has 7 nitrogen and oxygen atoms in total. The Morgan fingerprint density at radius 1 is 0.793 bits per heavy atom. The Bertz CT molecular complexity index is 703. The number of rotatable bonds is 6. The van der Waals surface area contributed by atoms with Crippen LogP contribution < -0.4 is 4.74 Å². The van der Waals surface area contributed by atoms with Gasteiger partial charge in [-0.05, 0) is 44.0 Å². The van der Waals surface area contributed by atoms with E-state index < -0.39 is 0 Å². The highest BCUT2D eigenvalue weighted by atomic mass is 16.5. The first-order valence-electron chi connectivity index (χ1n) is 10.5. The van der Waals surface area contributed by atoms with Crippen molar-refractivity contribution in [3.05, 3.63) is 29.8 Å². The van der Waals surface area contributed by atoms with E-state index >= 15 is 0 Å². The lowest BCUT2D eigenvalue weighted by Crippen LogP contribution is -2.52. The van der Waals surface area contributed by atoms with Crippen LogP contribution in [0, 0.1) is 0 Å². The standard InChI is InChI=1S/C22H31N3O4/c1-18(26)19-6-8-20(9-7-19)29-17-22(28)25-14-12-23(13-15-25)16-21(27)24-10-4-2-3-5-11-24/h6-9H,2-5,10-17H2,1H3. The highest BCUT2D eigenvalue weighted by Crippen LogP contribution is 2.14. The van der Waals surface area contributed by atoms with Crippen LogP contribution in [0.3, 0.4) is 0 Å². The summed E-state index contributed by atoms with van der Waals surface area (Å²) in [4.78, 5) is 42.2. The number of piperazine rings is 1. The van der Waals surface area contributed by atoms with Crippen LogP contribution in [0.5, 0.6) is 5.75 Å². The fourth-order valence-corrected chi connectivity index (χ4v) is 3.79. The summed E-state index contributed by atoms with van der Waals surface area (Å²) >= 11 is 0. The second-order valence-corrected chi connectivity index (χ2v) is 7.82. The Kier molecular flexibility index (Phi) is 7.63. The van der Waals surface area contributed by atoms with Crippen LogP contribution in [0.15, 0.2) is 24.3 Å². The van der Waals surface area contributed by atoms with Gasteiger partial charge in [-0.15, -0.1) is 0 Å². The summed E-state index contributed by atoms with van der Waals surface area (Å²) in [5.74, 6) is 0.730. The predicted molar refractivity (Wildman–Crippen MR) is 110 cm³/mol. The minimum absolute atomic E-state index is 0.000166. The number of ether oxygens (including phenoxy) is 1. The Hall–Kier alpha value is -2.41. The third kappa shape index (κ3) is 6.29. The van der Waals surface area contributed by atoms with Gasteiger partial charge < -0.3 is 14.5 Å². The van der Waals surface area contributed by atoms with Crippen LogP contribution in [0.25, 0.3) is 0 Å². The molecule has 2 heterocycles. The van der Waals surface area contributed by atoms with Crippen LogP contribution in [0.1, 0.15) is 43.0 Å². The van der Waals surface area contributed by atoms with E-state index in [1.807, 2.05) is 4.90 Å². The van der Waals surface area contributed by atoms with Gasteiger partial charge in [-0.3, -0.25) is 19.3 Å². The summed E-state index contributed by atoms with van der Waals surface area (Å²) in [7, 11) is 0. The maximum absolute atomic E-state index is 12.5. The average Bonchev–Trinajstić information content (AvgIpc) is 3.02. The van der Waals surface area contributed by atoms with E-state index in [9.17, 15) is 14.4 Å². The summed E-state index contributed by atoms with van der Waals surface area (Å²) in [6, 6.07) is 6.80. The maximum atomic E-state index is 12.5. The monoisotopic (exact) mass is 401 g/mol. The Morgan fingerprint density at radius 3 is 1.97 bits per heavy atom. The zero-order chi connectivity index (χ0) is 20.6. The van der Waals surface area contributed by atoms with Crippen LogP contribution in [-0.4, -0.2) is 84.7 Å². The molecule has 29 heavy (non-hydrogen) atoms. The molecule has 1 aromatic rings. The lowest BCUT2D eigenvalue weighted by molar-refractivity contribution is -0.136. The van der Waals surface area contributed by atoms with Gasteiger partial charge in [-0.1, -0.05) is 12.8 Å². The Balaban J connectivity index is 1.38. The molecule has 0 atom stereocenters. The number of carbonyl (C=O) groups is 3. The SMILES string of the molecule is CC(=O)c1ccc(OCC(=O)N2CCN(CC(=O)N3CCCCCC3)CC2)cc1. The molecule has 0 saturated carbocycles. The number of ketones is 1. The molecule has 158 valence electrons. The molecule has 2 fully saturated rings. The molecule has 1 aromatic carbocycles. The molecule has 2 aliphatic heterocycles. The van der Waals surface area contributed by atoms with Gasteiger partial charge in [-0.2, -0.15) is 0 Å². The second-order valence-electron chi connectivity index (χ2n) is 7.82. The van der Waals surface area contributed by atoms with E-state index in [1.54, 1.807) is 29.2 Å². The van der Waals surface area contributed by atoms with Crippen LogP contribution >= 0.6 is 0 Å². The molecule has 0 aromatic heterocycles. The number of carbonyl (C=O) groups excluding carboxylic acids is 3. The van der Waals surface area contributed by atoms with Crippen molar-refractivity contribution >= 4 is 17.6 Å². The summed E-state index contributed by atoms with van der Waals surface area (Å²) < 4.78 is 5.56. The number of hydrogen-bond acceptors (Lipinski definition) is 5. The quantitative estimate of drug-likeness (QED) is 0.680. The minimum atomic E-state index is -0.0564. The summed E-state index contributed by atoms with van der Waals surface area (Å²) in [5.41, 5.74) is 0.620. The van der Waals surface area contributed by atoms with Crippen molar-refractivity contribution in [2.45, 2.75) is 32.6 Å². The van der Waals surface area contributed by atoms with Crippen molar-refractivity contribution in [3.8, 4) is 5.75 Å². The van der Waals surface area contributed by atoms with Crippen LogP contribution in [0.2, 0.25) is 0 Å². The van der Waals surface area contributed by atoms with E-state index in [1.165, 1.54) is 19.8 Å². The number of likely N-dealkylation sites (tertiary alicyclic amines) is 1. The third-order valence-electron chi connectivity index (χ3n) is 5.67. The Morgan fingerprint density at radius 2 is 1.38 bits per heavy atom. The molecule has 0 N–H and O–H groups in total. The fraction of sp³-hybridized carbons (Fsp3) is 0.591. The first-order valence-corrected chi connectivity index (χ1v) is 10.5. The number of amides is 2. The zero-order valence-electron chi connectivity index (χ0n) is 17.3. The fourth-order valence-electron chi connectivity index (χ4n) is 3.79. The van der Waals surface area contributed by atoms with E-state index in [2.05, 4.69) is 4.90 Å². The first kappa shape index (κ1) is 21.3. The van der Waals surface area contributed by atoms with E-state index in [0.29, 0.717) is 44.0 Å². The molecule has 0 radical (unpaired) electrons. The van der Waals surface area contributed by atoms with Crippen molar-refractivity contribution in [1.82, 2.24) is 14.7 Å². The van der Waals surface area contributed by atoms with Gasteiger partial charge >= 0.3 is 0 Å². The highest BCUT2D eigenvalue weighted by molar-refractivity contribution is 5.94. The molecule has 2 aliphatic rings. The van der Waals surface area contributed by atoms with Gasteiger partial charge in [0.1, 0.15) is 5.75 Å². The largest absolute Gasteiger partial charge is 0.484 e. The molecule has 0 bridgehead atoms. The smallest absolute Gasteiger partial charge is 0.260 e. The lowest BCUT2D eigenvalue weighted by Gasteiger charge is -2.35. The lowest BCUT2D eigenvalue weighted by atomic mass is 10.1. The molecular weight excluding hydrogens is 370 g/mol. The van der Waals surface area contributed by atoms with Crippen molar-refractivity contribution in [2.75, 3.05) is 52.4 Å². The normalized spacial score (nSPS) is 18.2. The van der Waals surface area contributed by atoms with Gasteiger partial charge in [0.25, 0.3) is 5.91 Å². The molecule has 7 heteroatoms. The average molecular weight is 402 g/mol. The predicted octanol–water partition coefficient (Wildman–Crippen LogP) is 1.81. The number of hydrogen-bond donors (Lipinski definition) is 0. The second kappa shape index (κ2) is 10.4. The molecule has 0 aliphatic carbocycles. The van der Waals surface area contributed by atoms with Crippen LogP contribution in [0.4, 0.5) is 0 Å². The molecule has 2 amide bonds. The van der Waals surface area contributed by atoms with Gasteiger partial charge in [-0.25, -0.2) is 0 Å². The van der Waals surface area contributed by atoms with Gasteiger partial charge in [0.15, 0.2) is 12.4 Å². The molecular formula is C22H31N3O4. The van der Waals surface area contributed by atoms with Crippen LogP contribution in [-0.2, 0) is 9.59 Å². The number of Topliss-reactive ketones (excluding diaryl/α,β-unsaturated/α-hetero) is 1. The van der Waals surface area contributed by atoms with Crippen molar-refractivity contribution in [2.24, 2.45) is 0 Å². The van der Waals surface area contributed by atoms with Gasteiger partial charge in [0, 0.05) is 44.8 Å².